The summed E-state index contributed by atoms with van der Waals surface area (Å²) in [5, 5.41) is 5.13. The molecule has 0 unspecified atom stereocenters. The van der Waals surface area contributed by atoms with Crippen molar-refractivity contribution in [2.24, 2.45) is 16.6 Å². The Bertz CT molecular complexity index is 457. The van der Waals surface area contributed by atoms with E-state index in [4.69, 9.17) is 10.5 Å². The highest BCUT2D eigenvalue weighted by Crippen LogP contribution is 2.32. The van der Waals surface area contributed by atoms with Gasteiger partial charge in [0.1, 0.15) is 11.4 Å². The first-order valence-corrected chi connectivity index (χ1v) is 6.98. The zero-order valence-electron chi connectivity index (χ0n) is 13.0. The van der Waals surface area contributed by atoms with Gasteiger partial charge >= 0.3 is 12.1 Å². The highest BCUT2D eigenvalue weighted by molar-refractivity contribution is 5.99. The lowest BCUT2D eigenvalue weighted by Crippen LogP contribution is -2.33. The molecule has 0 radical (unpaired) electrons. The summed E-state index contributed by atoms with van der Waals surface area (Å²) in [5.74, 6) is 0.557. The fourth-order valence-corrected chi connectivity index (χ4v) is 1.60. The van der Waals surface area contributed by atoms with E-state index in [-0.39, 0.29) is 14.7 Å². The molecule has 0 aromatic rings. The normalized spacial score (nSPS) is 17.4. The zero-order valence-corrected chi connectivity index (χ0v) is 13.0. The number of ether oxygens (including phenoxy) is 1. The van der Waals surface area contributed by atoms with Crippen LogP contribution in [0.15, 0.2) is 17.3 Å². The predicted octanol–water partition coefficient (Wildman–Crippen LogP) is 2.38. The molecule has 0 aromatic carbocycles. The average molecular weight is 300 g/mol. The van der Waals surface area contributed by atoms with Gasteiger partial charge in [-0.3, -0.25) is 5.32 Å². The van der Waals surface area contributed by atoms with Crippen LogP contribution >= 0.6 is 0 Å². The number of alkyl carbamates (subject to hydrolysis) is 1. The third-order valence-corrected chi connectivity index (χ3v) is 2.77. The smallest absolute Gasteiger partial charge is 0.411 e. The second kappa shape index (κ2) is 7.10. The van der Waals surface area contributed by atoms with Crippen molar-refractivity contribution in [3.8, 4) is 0 Å². The molecule has 0 heterocycles. The second-order valence-electron chi connectivity index (χ2n) is 6.09. The highest BCUT2D eigenvalue weighted by atomic mass is 16.6. The number of carbonyl (C=O) groups excluding carboxylic acids is 2. The Kier molecular flexibility index (Phi) is 5.75. The van der Waals surface area contributed by atoms with Crippen molar-refractivity contribution in [2.45, 2.75) is 52.2 Å². The van der Waals surface area contributed by atoms with Crippen LogP contribution in [0.5, 0.6) is 0 Å². The van der Waals surface area contributed by atoms with Crippen LogP contribution in [0.2, 0.25) is 0 Å². The Morgan fingerprint density at radius 1 is 1.43 bits per heavy atom. The Labute approximate surface area is 128 Å². The van der Waals surface area contributed by atoms with Crippen LogP contribution in [0, 0.1) is 5.92 Å². The first-order chi connectivity index (χ1) is 9.67. The van der Waals surface area contributed by atoms with Gasteiger partial charge in [-0.05, 0) is 52.5 Å². The minimum absolute atomic E-state index is 0. The summed E-state index contributed by atoms with van der Waals surface area (Å²) < 4.78 is 5.03. The van der Waals surface area contributed by atoms with Gasteiger partial charge in [0.25, 0.3) is 0 Å². The number of nitrogens with zero attached hydrogens (tertiary/aromatic N) is 1. The molecule has 4 N–H and O–H groups in total. The summed E-state index contributed by atoms with van der Waals surface area (Å²) >= 11 is 0. The van der Waals surface area contributed by atoms with Crippen molar-refractivity contribution in [3.63, 3.8) is 0 Å². The molecule has 0 aromatic heterocycles. The van der Waals surface area contributed by atoms with Crippen molar-refractivity contribution in [1.29, 1.82) is 0 Å². The molecule has 7 nitrogen and oxygen atoms in total. The Morgan fingerprint density at radius 2 is 2.05 bits per heavy atom. The Balaban J connectivity index is 0. The molecular weight excluding hydrogens is 272 g/mol. The monoisotopic (exact) mass is 300 g/mol. The second-order valence-corrected chi connectivity index (χ2v) is 6.09. The largest absolute Gasteiger partial charge is 0.444 e. The molecule has 0 spiro atoms. The fraction of sp³-hybridized carbons (Fsp3) is 0.643. The summed E-state index contributed by atoms with van der Waals surface area (Å²) in [6, 6.07) is -0.369. The number of nitrogens with two attached hydrogens (primary N) is 1. The Hall–Kier alpha value is -2.05. The maximum Gasteiger partial charge on any atom is 0.411 e. The molecule has 0 saturated heterocycles. The van der Waals surface area contributed by atoms with Crippen LogP contribution in [0.3, 0.4) is 0 Å². The molecule has 1 aliphatic carbocycles. The number of rotatable bonds is 4. The number of urea groups is 1. The van der Waals surface area contributed by atoms with Crippen LogP contribution in [0.4, 0.5) is 9.59 Å². The lowest BCUT2D eigenvalue weighted by atomic mass is 10.2. The number of aliphatic imine (C=N–C) groups is 1. The van der Waals surface area contributed by atoms with Crippen LogP contribution in [-0.2, 0) is 4.74 Å². The molecule has 1 saturated carbocycles. The summed E-state index contributed by atoms with van der Waals surface area (Å²) in [7, 11) is 0. The van der Waals surface area contributed by atoms with Gasteiger partial charge in [0, 0.05) is 15.1 Å². The van der Waals surface area contributed by atoms with Crippen molar-refractivity contribution in [1.82, 2.24) is 10.6 Å². The number of hydrogen-bond acceptors (Lipinski definition) is 3. The average Bonchev–Trinajstić information content (AvgIpc) is 3.08. The molecule has 122 valence electrons. The van der Waals surface area contributed by atoms with Gasteiger partial charge in [-0.2, -0.15) is 4.99 Å². The fourth-order valence-electron chi connectivity index (χ4n) is 1.60. The highest BCUT2D eigenvalue weighted by Gasteiger charge is 2.28. The lowest BCUT2D eigenvalue weighted by molar-refractivity contribution is 0.0552. The number of carbonyl (C=O) groups is 2. The molecule has 3 amide bonds. The number of amidine groups is 1. The van der Waals surface area contributed by atoms with Crippen molar-refractivity contribution >= 4 is 18.0 Å². The molecule has 0 bridgehead atoms. The van der Waals surface area contributed by atoms with Gasteiger partial charge < -0.3 is 15.8 Å². The molecule has 21 heavy (non-hydrogen) atoms. The molecular formula is C14H28N4O3. The Morgan fingerprint density at radius 3 is 2.57 bits per heavy atom. The van der Waals surface area contributed by atoms with E-state index in [0.717, 1.165) is 12.8 Å². The topological polar surface area (TPSA) is 106 Å². The molecule has 1 aliphatic rings. The first-order valence-electron chi connectivity index (χ1n) is 6.98. The quantitative estimate of drug-likeness (QED) is 0.547. The molecule has 0 aliphatic heterocycles. The van der Waals surface area contributed by atoms with E-state index in [9.17, 15) is 9.59 Å². The first kappa shape index (κ1) is 17.0. The van der Waals surface area contributed by atoms with E-state index in [1.807, 2.05) is 6.92 Å². The van der Waals surface area contributed by atoms with Gasteiger partial charge in [-0.1, -0.05) is 0 Å². The molecule has 1 atom stereocenters. The van der Waals surface area contributed by atoms with Gasteiger partial charge in [-0.15, -0.1) is 0 Å². The van der Waals surface area contributed by atoms with Crippen LogP contribution in [0.25, 0.3) is 0 Å². The summed E-state index contributed by atoms with van der Waals surface area (Å²) in [6.45, 7) is 7.23. The summed E-state index contributed by atoms with van der Waals surface area (Å²) in [6.07, 6.45) is 4.29. The van der Waals surface area contributed by atoms with Crippen LogP contribution in [-0.4, -0.2) is 29.6 Å². The van der Waals surface area contributed by atoms with E-state index in [2.05, 4.69) is 15.6 Å². The lowest BCUT2D eigenvalue weighted by Gasteiger charge is -2.18. The van der Waals surface area contributed by atoms with Crippen molar-refractivity contribution in [2.75, 3.05) is 0 Å². The van der Waals surface area contributed by atoms with Crippen LogP contribution < -0.4 is 16.4 Å². The number of amides is 3. The number of hydrogen-bond donors (Lipinski definition) is 3. The third kappa shape index (κ3) is 7.96. The van der Waals surface area contributed by atoms with E-state index < -0.39 is 17.7 Å². The van der Waals surface area contributed by atoms with Gasteiger partial charge in [0.05, 0.1) is 0 Å². The standard InChI is InChI=1S/C14H24N4O3.2H2/c1-9(10-5-6-10)17-12(19)18-11(15)7-8-16-13(20)21-14(2,3)4;;/h7-10H,5-6H2,1-4H3,(H,16,20)(H3,15,17,18,19);2*1H/b8-7-;;/t9-;;/m0../s1. The summed E-state index contributed by atoms with van der Waals surface area (Å²) in [5.41, 5.74) is 4.99. The minimum atomic E-state index is -0.599. The molecule has 1 rings (SSSR count). The zero-order chi connectivity index (χ0) is 16.0. The van der Waals surface area contributed by atoms with Crippen LogP contribution in [0.1, 0.15) is 43.4 Å². The molecule has 7 heteroatoms. The SMILES string of the molecule is C[C@H](NC(=O)/N=C(N)\C=C/NC(=O)OC(C)(C)C)C1CC1.[HH].[HH]. The van der Waals surface area contributed by atoms with Gasteiger partial charge in [-0.25, -0.2) is 9.59 Å². The molecule has 1 fully saturated rings. The predicted molar refractivity (Wildman–Crippen MR) is 85.1 cm³/mol. The van der Waals surface area contributed by atoms with E-state index in [0.29, 0.717) is 5.92 Å². The maximum atomic E-state index is 11.6. The summed E-state index contributed by atoms with van der Waals surface area (Å²) in [4.78, 5) is 26.6. The number of nitrogens with one attached hydrogen (secondary N) is 2. The third-order valence-electron chi connectivity index (χ3n) is 2.77. The maximum absolute atomic E-state index is 11.6. The minimum Gasteiger partial charge on any atom is -0.444 e. The van der Waals surface area contributed by atoms with Gasteiger partial charge in [0.2, 0.25) is 0 Å². The van der Waals surface area contributed by atoms with E-state index >= 15 is 0 Å². The van der Waals surface area contributed by atoms with Gasteiger partial charge in [0.15, 0.2) is 0 Å². The van der Waals surface area contributed by atoms with Crippen molar-refractivity contribution in [3.05, 3.63) is 12.3 Å². The van der Waals surface area contributed by atoms with E-state index in [1.54, 1.807) is 20.8 Å². The van der Waals surface area contributed by atoms with Crippen molar-refractivity contribution < 1.29 is 17.2 Å². The van der Waals surface area contributed by atoms with E-state index in [1.165, 1.54) is 12.3 Å².